The molecule has 0 aliphatic heterocycles. The van der Waals surface area contributed by atoms with E-state index in [0.29, 0.717) is 22.7 Å². The van der Waals surface area contributed by atoms with Gasteiger partial charge in [0.05, 0.1) is 4.88 Å². The highest BCUT2D eigenvalue weighted by Gasteiger charge is 2.37. The van der Waals surface area contributed by atoms with Crippen LogP contribution < -0.4 is 5.90 Å². The molecule has 0 radical (unpaired) electrons. The summed E-state index contributed by atoms with van der Waals surface area (Å²) in [6.07, 6.45) is -1.22. The summed E-state index contributed by atoms with van der Waals surface area (Å²) in [5.41, 5.74) is 2.15. The van der Waals surface area contributed by atoms with Crippen LogP contribution in [0.15, 0.2) is 59.4 Å². The van der Waals surface area contributed by atoms with Crippen LogP contribution in [0.25, 0.3) is 33.3 Å². The first kappa shape index (κ1) is 23.5. The zero-order valence-corrected chi connectivity index (χ0v) is 17.1. The summed E-state index contributed by atoms with van der Waals surface area (Å²) in [4.78, 5) is 7.86. The predicted molar refractivity (Wildman–Crippen MR) is 109 cm³/mol. The van der Waals surface area contributed by atoms with Crippen LogP contribution in [0, 0.1) is 6.92 Å². The van der Waals surface area contributed by atoms with E-state index in [1.54, 1.807) is 48.8 Å². The van der Waals surface area contributed by atoms with Gasteiger partial charge in [-0.3, -0.25) is 4.98 Å². The topological polar surface area (TPSA) is 98.1 Å². The molecule has 158 valence electrons. The van der Waals surface area contributed by atoms with E-state index in [2.05, 4.69) is 21.0 Å². The molecule has 0 saturated carbocycles. The van der Waals surface area contributed by atoms with Gasteiger partial charge in [-0.1, -0.05) is 35.5 Å². The van der Waals surface area contributed by atoms with Crippen LogP contribution in [-0.4, -0.2) is 20.3 Å². The number of benzene rings is 1. The molecule has 11 heteroatoms. The maximum Gasteiger partial charge on any atom is 0.426 e. The number of hydrogen-bond donors (Lipinski definition) is 2. The molecule has 0 fully saturated rings. The van der Waals surface area contributed by atoms with E-state index in [9.17, 15) is 13.2 Å². The van der Waals surface area contributed by atoms with Crippen LogP contribution in [0.2, 0.25) is 0 Å². The third-order valence-electron chi connectivity index (χ3n) is 3.97. The number of alkyl halides is 3. The van der Waals surface area contributed by atoms with Crippen LogP contribution in [0.3, 0.4) is 0 Å². The molecular formula is C19H16ClF3N4O2S. The Balaban J connectivity index is 0.00000104. The van der Waals surface area contributed by atoms with Crippen molar-refractivity contribution in [3.63, 3.8) is 0 Å². The Morgan fingerprint density at radius 2 is 1.77 bits per heavy atom. The molecule has 0 atom stereocenters. The first-order valence-corrected chi connectivity index (χ1v) is 9.02. The second-order valence-corrected chi connectivity index (χ2v) is 6.88. The van der Waals surface area contributed by atoms with Gasteiger partial charge in [-0.05, 0) is 30.2 Å². The van der Waals surface area contributed by atoms with Gasteiger partial charge >= 0.3 is 6.18 Å². The molecule has 0 amide bonds. The Bertz CT molecular complexity index is 1100. The molecule has 0 aliphatic carbocycles. The average Bonchev–Trinajstić information content (AvgIpc) is 3.38. The van der Waals surface area contributed by atoms with Crippen molar-refractivity contribution in [3.05, 3.63) is 65.3 Å². The highest BCUT2D eigenvalue weighted by Crippen LogP contribution is 2.45. The molecule has 0 spiro atoms. The molecule has 0 bridgehead atoms. The lowest BCUT2D eigenvalue weighted by molar-refractivity contribution is -0.133. The molecular weight excluding hydrogens is 441 g/mol. The number of nitrogens with zero attached hydrogens (tertiary/aromatic N) is 3. The predicted octanol–water partition coefficient (Wildman–Crippen LogP) is 5.61. The minimum Gasteiger partial charge on any atom is -0.333 e. The molecule has 4 rings (SSSR count). The van der Waals surface area contributed by atoms with Crippen LogP contribution in [-0.2, 0) is 6.18 Å². The molecule has 30 heavy (non-hydrogen) atoms. The summed E-state index contributed by atoms with van der Waals surface area (Å²) in [5.74, 6) is 3.87. The monoisotopic (exact) mass is 456 g/mol. The van der Waals surface area contributed by atoms with E-state index in [1.165, 1.54) is 6.07 Å². The van der Waals surface area contributed by atoms with E-state index in [0.717, 1.165) is 11.1 Å². The van der Waals surface area contributed by atoms with Crippen molar-refractivity contribution in [2.45, 2.75) is 13.1 Å². The lowest BCUT2D eigenvalue weighted by atomic mass is 10.1. The molecule has 6 nitrogen and oxygen atoms in total. The fourth-order valence-corrected chi connectivity index (χ4v) is 3.67. The number of pyridine rings is 1. The number of halogens is 4. The SMILES string of the molecule is Cc1cnccc1-c1noc(-c2cc(-c3ccccc3)c(C(F)(F)F)s2)n1.Cl.NO. The van der Waals surface area contributed by atoms with Gasteiger partial charge in [0.2, 0.25) is 5.82 Å². The second kappa shape index (κ2) is 9.81. The zero-order chi connectivity index (χ0) is 21.0. The van der Waals surface area contributed by atoms with Gasteiger partial charge in [-0.25, -0.2) is 5.90 Å². The number of nitrogens with two attached hydrogens (primary N) is 1. The van der Waals surface area contributed by atoms with Crippen LogP contribution in [0.5, 0.6) is 0 Å². The summed E-state index contributed by atoms with van der Waals surface area (Å²) in [5, 5.41) is 10.4. The minimum absolute atomic E-state index is 0. The molecule has 4 aromatic rings. The Kier molecular flexibility index (Phi) is 7.68. The lowest BCUT2D eigenvalue weighted by Gasteiger charge is -2.07. The number of thiophene rings is 1. The Labute approximate surface area is 179 Å². The molecule has 0 aliphatic rings. The second-order valence-electron chi connectivity index (χ2n) is 5.83. The highest BCUT2D eigenvalue weighted by atomic mass is 35.5. The third kappa shape index (κ3) is 4.85. The van der Waals surface area contributed by atoms with Crippen molar-refractivity contribution in [3.8, 4) is 33.3 Å². The van der Waals surface area contributed by atoms with Crippen LogP contribution in [0.4, 0.5) is 13.2 Å². The van der Waals surface area contributed by atoms with Gasteiger partial charge < -0.3 is 9.73 Å². The van der Waals surface area contributed by atoms with Crippen LogP contribution in [0.1, 0.15) is 10.4 Å². The van der Waals surface area contributed by atoms with Crippen molar-refractivity contribution in [2.24, 2.45) is 5.90 Å². The van der Waals surface area contributed by atoms with Crippen molar-refractivity contribution < 1.29 is 22.9 Å². The molecule has 3 aromatic heterocycles. The standard InChI is InChI=1S/C19H12F3N3OS.ClH.H3NO/c1-11-10-23-8-7-13(11)17-24-18(26-25-17)15-9-14(12-5-3-2-4-6-12)16(27-15)19(20,21)22;;1-2/h2-10H,1H3;1H;2H,1H2. The quantitative estimate of drug-likeness (QED) is 0.389. The third-order valence-corrected chi connectivity index (χ3v) is 5.14. The molecule has 0 unspecified atom stereocenters. The van der Waals surface area contributed by atoms with Gasteiger partial charge in [-0.2, -0.15) is 18.2 Å². The zero-order valence-electron chi connectivity index (χ0n) is 15.4. The summed E-state index contributed by atoms with van der Waals surface area (Å²) in [7, 11) is 0. The van der Waals surface area contributed by atoms with Crippen molar-refractivity contribution >= 4 is 23.7 Å². The fourth-order valence-electron chi connectivity index (χ4n) is 2.70. The first-order chi connectivity index (χ1) is 13.9. The van der Waals surface area contributed by atoms with E-state index in [1.807, 2.05) is 6.92 Å². The number of aryl methyl sites for hydroxylation is 1. The normalized spacial score (nSPS) is 10.7. The number of aromatic nitrogens is 3. The smallest absolute Gasteiger partial charge is 0.333 e. The molecule has 3 heterocycles. The number of hydrogen-bond acceptors (Lipinski definition) is 7. The summed E-state index contributed by atoms with van der Waals surface area (Å²) >= 11 is 0.594. The first-order valence-electron chi connectivity index (χ1n) is 8.21. The Hall–Kier alpha value is -2.79. The highest BCUT2D eigenvalue weighted by molar-refractivity contribution is 7.16. The number of rotatable bonds is 3. The van der Waals surface area contributed by atoms with Crippen molar-refractivity contribution in [1.82, 2.24) is 15.1 Å². The van der Waals surface area contributed by atoms with Crippen LogP contribution >= 0.6 is 23.7 Å². The Morgan fingerprint density at radius 1 is 1.07 bits per heavy atom. The van der Waals surface area contributed by atoms with Crippen molar-refractivity contribution in [1.29, 1.82) is 0 Å². The summed E-state index contributed by atoms with van der Waals surface area (Å²) < 4.78 is 45.8. The summed E-state index contributed by atoms with van der Waals surface area (Å²) in [6, 6.07) is 11.6. The molecule has 1 aromatic carbocycles. The van der Waals surface area contributed by atoms with Gasteiger partial charge in [-0.15, -0.1) is 23.7 Å². The van der Waals surface area contributed by atoms with Crippen molar-refractivity contribution in [2.75, 3.05) is 0 Å². The maximum absolute atomic E-state index is 13.5. The fraction of sp³-hybridized carbons (Fsp3) is 0.105. The molecule has 0 saturated heterocycles. The van der Waals surface area contributed by atoms with E-state index in [4.69, 9.17) is 9.73 Å². The average molecular weight is 457 g/mol. The van der Waals surface area contributed by atoms with Gasteiger partial charge in [0.15, 0.2) is 0 Å². The Morgan fingerprint density at radius 3 is 2.40 bits per heavy atom. The molecule has 3 N–H and O–H groups in total. The van der Waals surface area contributed by atoms with Gasteiger partial charge in [0.25, 0.3) is 5.89 Å². The van der Waals surface area contributed by atoms with Gasteiger partial charge in [0.1, 0.15) is 4.88 Å². The largest absolute Gasteiger partial charge is 0.426 e. The van der Waals surface area contributed by atoms with E-state index >= 15 is 0 Å². The van der Waals surface area contributed by atoms with E-state index in [-0.39, 0.29) is 28.7 Å². The van der Waals surface area contributed by atoms with E-state index < -0.39 is 11.1 Å². The lowest BCUT2D eigenvalue weighted by Crippen LogP contribution is -2.03. The van der Waals surface area contributed by atoms with Gasteiger partial charge in [0, 0.05) is 23.5 Å². The minimum atomic E-state index is -4.47. The maximum atomic E-state index is 13.5. The summed E-state index contributed by atoms with van der Waals surface area (Å²) in [6.45, 7) is 1.85.